The Morgan fingerprint density at radius 3 is 2.93 bits per heavy atom. The van der Waals surface area contributed by atoms with Gasteiger partial charge in [0, 0.05) is 22.7 Å². The van der Waals surface area contributed by atoms with Crippen molar-refractivity contribution in [2.45, 2.75) is 6.92 Å². The molecular formula is C11H9NO2. The van der Waals surface area contributed by atoms with Gasteiger partial charge in [0.05, 0.1) is 5.52 Å². The Bertz CT molecular complexity index is 506. The van der Waals surface area contributed by atoms with Crippen LogP contribution in [0.4, 0.5) is 0 Å². The molecule has 0 fully saturated rings. The Morgan fingerprint density at radius 2 is 2.21 bits per heavy atom. The van der Waals surface area contributed by atoms with Crippen LogP contribution in [0.25, 0.3) is 10.9 Å². The second kappa shape index (κ2) is 3.10. The number of pyridine rings is 1. The predicted molar refractivity (Wildman–Crippen MR) is 53.5 cm³/mol. The number of fused-ring (bicyclic) bond motifs is 1. The van der Waals surface area contributed by atoms with Crippen molar-refractivity contribution in [3.63, 3.8) is 0 Å². The van der Waals surface area contributed by atoms with Gasteiger partial charge in [-0.3, -0.25) is 9.78 Å². The normalized spacial score (nSPS) is 10.4. The molecule has 0 saturated heterocycles. The number of hydrogen-bond donors (Lipinski definition) is 1. The highest BCUT2D eigenvalue weighted by atomic mass is 16.3. The maximum atomic E-state index is 10.5. The number of benzene rings is 1. The lowest BCUT2D eigenvalue weighted by atomic mass is 10.1. The number of carbonyl (C=O) groups excluding carboxylic acids is 1. The number of hydrogen-bond acceptors (Lipinski definition) is 3. The van der Waals surface area contributed by atoms with Crippen LogP contribution in [-0.4, -0.2) is 16.4 Å². The molecule has 0 saturated carbocycles. The SMILES string of the molecule is Cc1c(O)ccc2cc(C=O)cnc12. The lowest BCUT2D eigenvalue weighted by Gasteiger charge is -2.03. The van der Waals surface area contributed by atoms with Gasteiger partial charge in [0.25, 0.3) is 0 Å². The van der Waals surface area contributed by atoms with Crippen molar-refractivity contribution in [2.75, 3.05) is 0 Å². The molecule has 0 aliphatic heterocycles. The van der Waals surface area contributed by atoms with Crippen LogP contribution in [0.3, 0.4) is 0 Å². The predicted octanol–water partition coefficient (Wildman–Crippen LogP) is 2.06. The number of carbonyl (C=O) groups is 1. The molecule has 0 atom stereocenters. The minimum absolute atomic E-state index is 0.226. The summed E-state index contributed by atoms with van der Waals surface area (Å²) < 4.78 is 0. The summed E-state index contributed by atoms with van der Waals surface area (Å²) in [6.07, 6.45) is 2.26. The van der Waals surface area contributed by atoms with Crippen LogP contribution in [-0.2, 0) is 0 Å². The van der Waals surface area contributed by atoms with Gasteiger partial charge < -0.3 is 5.11 Å². The number of aromatic nitrogens is 1. The Labute approximate surface area is 81.0 Å². The summed E-state index contributed by atoms with van der Waals surface area (Å²) in [6, 6.07) is 5.10. The Kier molecular flexibility index (Phi) is 1.93. The Hall–Kier alpha value is -1.90. The lowest BCUT2D eigenvalue weighted by Crippen LogP contribution is -1.87. The molecule has 0 unspecified atom stereocenters. The van der Waals surface area contributed by atoms with E-state index >= 15 is 0 Å². The second-order valence-corrected chi connectivity index (χ2v) is 3.17. The Balaban J connectivity index is 2.81. The van der Waals surface area contributed by atoms with Crippen LogP contribution in [0.1, 0.15) is 15.9 Å². The Morgan fingerprint density at radius 1 is 1.43 bits per heavy atom. The van der Waals surface area contributed by atoms with E-state index < -0.39 is 0 Å². The van der Waals surface area contributed by atoms with Crippen LogP contribution in [0.5, 0.6) is 5.75 Å². The highest BCUT2D eigenvalue weighted by Crippen LogP contribution is 2.24. The first-order valence-electron chi connectivity index (χ1n) is 4.26. The molecule has 0 aliphatic rings. The van der Waals surface area contributed by atoms with Gasteiger partial charge >= 0.3 is 0 Å². The molecule has 3 nitrogen and oxygen atoms in total. The molecule has 1 N–H and O–H groups in total. The summed E-state index contributed by atoms with van der Waals surface area (Å²) in [4.78, 5) is 14.6. The van der Waals surface area contributed by atoms with Crippen LogP contribution < -0.4 is 0 Å². The topological polar surface area (TPSA) is 50.2 Å². The summed E-state index contributed by atoms with van der Waals surface area (Å²) in [5.74, 6) is 0.226. The third-order valence-corrected chi connectivity index (χ3v) is 2.23. The molecule has 1 aromatic heterocycles. The molecule has 1 aromatic carbocycles. The number of phenolic OH excluding ortho intramolecular Hbond substituents is 1. The molecule has 2 aromatic rings. The monoisotopic (exact) mass is 187 g/mol. The van der Waals surface area contributed by atoms with Gasteiger partial charge in [-0.25, -0.2) is 0 Å². The second-order valence-electron chi connectivity index (χ2n) is 3.17. The fourth-order valence-corrected chi connectivity index (χ4v) is 1.42. The zero-order chi connectivity index (χ0) is 10.1. The van der Waals surface area contributed by atoms with Gasteiger partial charge in [-0.1, -0.05) is 0 Å². The van der Waals surface area contributed by atoms with E-state index in [1.807, 2.05) is 0 Å². The standard InChI is InChI=1S/C11H9NO2/c1-7-10(14)3-2-9-4-8(6-13)5-12-11(7)9/h2-6,14H,1H3. The van der Waals surface area contributed by atoms with E-state index in [1.165, 1.54) is 6.20 Å². The van der Waals surface area contributed by atoms with Crippen molar-refractivity contribution in [3.05, 3.63) is 35.5 Å². The highest BCUT2D eigenvalue weighted by Gasteiger charge is 2.03. The summed E-state index contributed by atoms with van der Waals surface area (Å²) in [5, 5.41) is 10.3. The fraction of sp³-hybridized carbons (Fsp3) is 0.0909. The van der Waals surface area contributed by atoms with Crippen molar-refractivity contribution >= 4 is 17.2 Å². The van der Waals surface area contributed by atoms with Crippen molar-refractivity contribution < 1.29 is 9.90 Å². The quantitative estimate of drug-likeness (QED) is 0.695. The molecule has 0 bridgehead atoms. The third-order valence-electron chi connectivity index (χ3n) is 2.23. The maximum absolute atomic E-state index is 10.5. The van der Waals surface area contributed by atoms with Crippen LogP contribution >= 0.6 is 0 Å². The third kappa shape index (κ3) is 1.23. The van der Waals surface area contributed by atoms with E-state index in [1.54, 1.807) is 25.1 Å². The first-order chi connectivity index (χ1) is 6.72. The van der Waals surface area contributed by atoms with Crippen LogP contribution in [0.15, 0.2) is 24.4 Å². The fourth-order valence-electron chi connectivity index (χ4n) is 1.42. The molecule has 70 valence electrons. The van der Waals surface area contributed by atoms with Crippen molar-refractivity contribution in [1.82, 2.24) is 4.98 Å². The van der Waals surface area contributed by atoms with E-state index in [2.05, 4.69) is 4.98 Å². The van der Waals surface area contributed by atoms with Gasteiger partial charge in [0.2, 0.25) is 0 Å². The highest BCUT2D eigenvalue weighted by molar-refractivity contribution is 5.88. The lowest BCUT2D eigenvalue weighted by molar-refractivity contribution is 0.112. The van der Waals surface area contributed by atoms with Crippen LogP contribution in [0.2, 0.25) is 0 Å². The van der Waals surface area contributed by atoms with Gasteiger partial charge in [0.15, 0.2) is 6.29 Å². The number of aromatic hydroxyl groups is 1. The maximum Gasteiger partial charge on any atom is 0.151 e. The summed E-state index contributed by atoms with van der Waals surface area (Å²) in [7, 11) is 0. The van der Waals surface area contributed by atoms with E-state index in [0.29, 0.717) is 5.56 Å². The molecule has 0 amide bonds. The molecule has 14 heavy (non-hydrogen) atoms. The minimum atomic E-state index is 0.226. The molecule has 0 radical (unpaired) electrons. The minimum Gasteiger partial charge on any atom is -0.508 e. The van der Waals surface area contributed by atoms with E-state index in [0.717, 1.165) is 22.8 Å². The number of aryl methyl sites for hydroxylation is 1. The zero-order valence-electron chi connectivity index (χ0n) is 7.69. The first-order valence-corrected chi connectivity index (χ1v) is 4.26. The average molecular weight is 187 g/mol. The van der Waals surface area contributed by atoms with Gasteiger partial charge in [-0.2, -0.15) is 0 Å². The number of aldehydes is 1. The number of rotatable bonds is 1. The number of phenols is 1. The van der Waals surface area contributed by atoms with Gasteiger partial charge in [0.1, 0.15) is 5.75 Å². The molecule has 2 rings (SSSR count). The zero-order valence-corrected chi connectivity index (χ0v) is 7.69. The van der Waals surface area contributed by atoms with E-state index in [4.69, 9.17) is 0 Å². The van der Waals surface area contributed by atoms with E-state index in [9.17, 15) is 9.90 Å². The van der Waals surface area contributed by atoms with Crippen molar-refractivity contribution in [2.24, 2.45) is 0 Å². The number of nitrogens with zero attached hydrogens (tertiary/aromatic N) is 1. The van der Waals surface area contributed by atoms with Gasteiger partial charge in [-0.15, -0.1) is 0 Å². The van der Waals surface area contributed by atoms with Crippen LogP contribution in [0, 0.1) is 6.92 Å². The van der Waals surface area contributed by atoms with Crippen molar-refractivity contribution in [1.29, 1.82) is 0 Å². The molecular weight excluding hydrogens is 178 g/mol. The molecule has 3 heteroatoms. The summed E-state index contributed by atoms with van der Waals surface area (Å²) >= 11 is 0. The van der Waals surface area contributed by atoms with Gasteiger partial charge in [-0.05, 0) is 25.1 Å². The molecule has 0 spiro atoms. The summed E-state index contributed by atoms with van der Waals surface area (Å²) in [6.45, 7) is 1.80. The first kappa shape index (κ1) is 8.69. The summed E-state index contributed by atoms with van der Waals surface area (Å²) in [5.41, 5.74) is 2.01. The molecule has 0 aliphatic carbocycles. The molecule has 1 heterocycles. The smallest absolute Gasteiger partial charge is 0.151 e. The van der Waals surface area contributed by atoms with E-state index in [-0.39, 0.29) is 5.75 Å². The van der Waals surface area contributed by atoms with Crippen molar-refractivity contribution in [3.8, 4) is 5.75 Å². The average Bonchev–Trinajstić information content (AvgIpc) is 2.23. The largest absolute Gasteiger partial charge is 0.508 e.